The average Bonchev–Trinajstić information content (AvgIpc) is 2.54. The molecule has 14 heavy (non-hydrogen) atoms. The maximum atomic E-state index is 10.2. The van der Waals surface area contributed by atoms with Crippen LogP contribution in [-0.4, -0.2) is 22.4 Å². The smallest absolute Gasteiger partial charge is 0.0626 e. The zero-order valence-corrected chi connectivity index (χ0v) is 9.35. The van der Waals surface area contributed by atoms with Crippen LogP contribution in [0.15, 0.2) is 0 Å². The highest BCUT2D eigenvalue weighted by molar-refractivity contribution is 5.01. The van der Waals surface area contributed by atoms with Crippen molar-refractivity contribution in [1.29, 1.82) is 0 Å². The standard InChI is InChI=1S/C12H22O2/c1-6(2)9-5-8-4-7(3)11(13)10(8)12(9)14/h6-14H,4-5H2,1-3H3/t7-,8?,9+,10?,11?,12?/m0/s1. The second kappa shape index (κ2) is 3.49. The predicted octanol–water partition coefficient (Wildman–Crippen LogP) is 1.66. The summed E-state index contributed by atoms with van der Waals surface area (Å²) in [7, 11) is 0. The lowest BCUT2D eigenvalue weighted by Crippen LogP contribution is -2.33. The minimum absolute atomic E-state index is 0.164. The Kier molecular flexibility index (Phi) is 2.61. The van der Waals surface area contributed by atoms with Gasteiger partial charge in [-0.3, -0.25) is 0 Å². The maximum absolute atomic E-state index is 10.2. The van der Waals surface area contributed by atoms with E-state index in [1.165, 1.54) is 0 Å². The third kappa shape index (κ3) is 1.40. The van der Waals surface area contributed by atoms with Gasteiger partial charge in [0.2, 0.25) is 0 Å². The van der Waals surface area contributed by atoms with Gasteiger partial charge in [-0.25, -0.2) is 0 Å². The van der Waals surface area contributed by atoms with Crippen LogP contribution in [0.1, 0.15) is 33.6 Å². The number of rotatable bonds is 1. The van der Waals surface area contributed by atoms with E-state index in [1.807, 2.05) is 0 Å². The minimum atomic E-state index is -0.265. The van der Waals surface area contributed by atoms with Gasteiger partial charge in [-0.15, -0.1) is 0 Å². The van der Waals surface area contributed by atoms with Crippen molar-refractivity contribution in [2.45, 2.75) is 45.8 Å². The summed E-state index contributed by atoms with van der Waals surface area (Å²) in [5.74, 6) is 2.07. The van der Waals surface area contributed by atoms with Crippen LogP contribution in [0.3, 0.4) is 0 Å². The molecule has 0 bridgehead atoms. The normalized spacial score (nSPS) is 52.7. The van der Waals surface area contributed by atoms with Gasteiger partial charge in [-0.05, 0) is 36.5 Å². The Hall–Kier alpha value is -0.0800. The van der Waals surface area contributed by atoms with E-state index < -0.39 is 0 Å². The van der Waals surface area contributed by atoms with Gasteiger partial charge in [-0.2, -0.15) is 0 Å². The highest BCUT2D eigenvalue weighted by Gasteiger charge is 2.52. The fraction of sp³-hybridized carbons (Fsp3) is 1.00. The van der Waals surface area contributed by atoms with E-state index in [9.17, 15) is 10.2 Å². The summed E-state index contributed by atoms with van der Waals surface area (Å²) in [5, 5.41) is 20.1. The van der Waals surface area contributed by atoms with E-state index >= 15 is 0 Å². The lowest BCUT2D eigenvalue weighted by molar-refractivity contribution is -0.00104. The van der Waals surface area contributed by atoms with E-state index in [0.717, 1.165) is 12.8 Å². The Morgan fingerprint density at radius 2 is 1.71 bits per heavy atom. The predicted molar refractivity (Wildman–Crippen MR) is 55.7 cm³/mol. The van der Waals surface area contributed by atoms with Crippen LogP contribution < -0.4 is 0 Å². The molecule has 2 nitrogen and oxygen atoms in total. The van der Waals surface area contributed by atoms with Gasteiger partial charge < -0.3 is 10.2 Å². The van der Waals surface area contributed by atoms with Gasteiger partial charge in [0, 0.05) is 5.92 Å². The summed E-state index contributed by atoms with van der Waals surface area (Å²) in [6.07, 6.45) is 1.69. The van der Waals surface area contributed by atoms with E-state index in [-0.39, 0.29) is 18.1 Å². The van der Waals surface area contributed by atoms with Crippen molar-refractivity contribution >= 4 is 0 Å². The molecular formula is C12H22O2. The van der Waals surface area contributed by atoms with Crippen LogP contribution in [0.25, 0.3) is 0 Å². The van der Waals surface area contributed by atoms with Crippen molar-refractivity contribution in [3.05, 3.63) is 0 Å². The Labute approximate surface area is 86.3 Å². The molecule has 0 radical (unpaired) electrons. The van der Waals surface area contributed by atoms with Gasteiger partial charge in [0.05, 0.1) is 12.2 Å². The summed E-state index contributed by atoms with van der Waals surface area (Å²) in [4.78, 5) is 0. The zero-order chi connectivity index (χ0) is 10.5. The minimum Gasteiger partial charge on any atom is -0.392 e. The molecule has 0 aromatic rings. The van der Waals surface area contributed by atoms with Gasteiger partial charge >= 0.3 is 0 Å². The molecule has 2 saturated carbocycles. The van der Waals surface area contributed by atoms with Crippen LogP contribution in [0.4, 0.5) is 0 Å². The second-order valence-corrected chi connectivity index (χ2v) is 5.68. The van der Waals surface area contributed by atoms with Crippen LogP contribution in [0, 0.1) is 29.6 Å². The lowest BCUT2D eigenvalue weighted by atomic mass is 9.87. The summed E-state index contributed by atoms with van der Waals surface area (Å²) in [5.41, 5.74) is 0. The van der Waals surface area contributed by atoms with Crippen molar-refractivity contribution in [3.63, 3.8) is 0 Å². The van der Waals surface area contributed by atoms with E-state index in [1.54, 1.807) is 0 Å². The van der Waals surface area contributed by atoms with Crippen molar-refractivity contribution in [2.75, 3.05) is 0 Å². The van der Waals surface area contributed by atoms with Crippen LogP contribution >= 0.6 is 0 Å². The Balaban J connectivity index is 2.12. The Bertz CT molecular complexity index is 214. The maximum Gasteiger partial charge on any atom is 0.0626 e. The average molecular weight is 198 g/mol. The van der Waals surface area contributed by atoms with Crippen LogP contribution in [0.5, 0.6) is 0 Å². The molecule has 0 spiro atoms. The SMILES string of the molecule is CC(C)[C@H]1CC2C[C@H](C)C(O)C2C1O. The van der Waals surface area contributed by atoms with Crippen LogP contribution in [0.2, 0.25) is 0 Å². The third-order valence-electron chi connectivity index (χ3n) is 4.46. The fourth-order valence-electron chi connectivity index (χ4n) is 3.61. The first-order valence-corrected chi connectivity index (χ1v) is 5.88. The number of aliphatic hydroxyl groups is 2. The van der Waals surface area contributed by atoms with Gasteiger partial charge in [0.1, 0.15) is 0 Å². The molecule has 2 heteroatoms. The fourth-order valence-corrected chi connectivity index (χ4v) is 3.61. The molecule has 2 aliphatic carbocycles. The lowest BCUT2D eigenvalue weighted by Gasteiger charge is -2.25. The molecule has 6 atom stereocenters. The quantitative estimate of drug-likeness (QED) is 0.672. The van der Waals surface area contributed by atoms with Gasteiger partial charge in [0.25, 0.3) is 0 Å². The van der Waals surface area contributed by atoms with Crippen molar-refractivity contribution in [2.24, 2.45) is 29.6 Å². The Morgan fingerprint density at radius 1 is 1.07 bits per heavy atom. The molecule has 0 amide bonds. The first kappa shape index (κ1) is 10.4. The molecule has 4 unspecified atom stereocenters. The van der Waals surface area contributed by atoms with Crippen LogP contribution in [-0.2, 0) is 0 Å². The van der Waals surface area contributed by atoms with E-state index in [4.69, 9.17) is 0 Å². The zero-order valence-electron chi connectivity index (χ0n) is 9.35. The first-order valence-electron chi connectivity index (χ1n) is 5.88. The molecule has 2 fully saturated rings. The summed E-state index contributed by atoms with van der Waals surface area (Å²) in [6, 6.07) is 0. The molecule has 0 aliphatic heterocycles. The topological polar surface area (TPSA) is 40.5 Å². The number of hydrogen-bond acceptors (Lipinski definition) is 2. The van der Waals surface area contributed by atoms with Crippen molar-refractivity contribution < 1.29 is 10.2 Å². The van der Waals surface area contributed by atoms with E-state index in [2.05, 4.69) is 20.8 Å². The van der Waals surface area contributed by atoms with Crippen molar-refractivity contribution in [1.82, 2.24) is 0 Å². The molecule has 0 heterocycles. The molecule has 0 aromatic heterocycles. The molecule has 0 saturated heterocycles. The summed E-state index contributed by atoms with van der Waals surface area (Å²) < 4.78 is 0. The number of fused-ring (bicyclic) bond motifs is 1. The Morgan fingerprint density at radius 3 is 2.21 bits per heavy atom. The monoisotopic (exact) mass is 198 g/mol. The highest BCUT2D eigenvalue weighted by Crippen LogP contribution is 2.51. The number of aliphatic hydroxyl groups excluding tert-OH is 2. The largest absolute Gasteiger partial charge is 0.392 e. The molecule has 0 aromatic carbocycles. The first-order chi connectivity index (χ1) is 6.52. The van der Waals surface area contributed by atoms with E-state index in [0.29, 0.717) is 23.7 Å². The third-order valence-corrected chi connectivity index (χ3v) is 4.46. The molecule has 2 rings (SSSR count). The molecule has 82 valence electrons. The van der Waals surface area contributed by atoms with Crippen molar-refractivity contribution in [3.8, 4) is 0 Å². The highest BCUT2D eigenvalue weighted by atomic mass is 16.3. The molecule has 2 N–H and O–H groups in total. The molecule has 2 aliphatic rings. The summed E-state index contributed by atoms with van der Waals surface area (Å²) in [6.45, 7) is 6.44. The second-order valence-electron chi connectivity index (χ2n) is 5.68. The number of hydrogen-bond donors (Lipinski definition) is 2. The summed E-state index contributed by atoms with van der Waals surface area (Å²) >= 11 is 0. The molecular weight excluding hydrogens is 176 g/mol. The van der Waals surface area contributed by atoms with Gasteiger partial charge in [-0.1, -0.05) is 20.8 Å². The van der Waals surface area contributed by atoms with Gasteiger partial charge in [0.15, 0.2) is 0 Å².